The molecule has 0 bridgehead atoms. The summed E-state index contributed by atoms with van der Waals surface area (Å²) in [4.78, 5) is 133. The lowest BCUT2D eigenvalue weighted by Crippen LogP contribution is -2.61. The fourth-order valence-electron chi connectivity index (χ4n) is 10.9. The van der Waals surface area contributed by atoms with Crippen LogP contribution in [0, 0.1) is 16.0 Å². The Labute approximate surface area is 598 Å². The molecule has 101 heavy (non-hydrogen) atoms. The molecular formula is C70H92N16O12S3. The van der Waals surface area contributed by atoms with E-state index in [1.807, 2.05) is 93.0 Å². The molecule has 8 amide bonds. The average molecular weight is 1450 g/mol. The smallest absolute Gasteiger partial charge is 0.274 e. The summed E-state index contributed by atoms with van der Waals surface area (Å²) in [5.41, 5.74) is 22.4. The number of nitrogens with zero attached hydrogens (tertiary/aromatic N) is 2. The van der Waals surface area contributed by atoms with E-state index in [0.717, 1.165) is 84.7 Å². The molecule has 0 aliphatic carbocycles. The number of benzene rings is 4. The maximum atomic E-state index is 14.9. The Morgan fingerprint density at radius 2 is 1.34 bits per heavy atom. The van der Waals surface area contributed by atoms with Crippen molar-refractivity contribution in [3.8, 4) is 5.75 Å². The van der Waals surface area contributed by atoms with Gasteiger partial charge in [0.2, 0.25) is 47.3 Å². The highest BCUT2D eigenvalue weighted by molar-refractivity contribution is 8.76. The molecule has 28 nitrogen and oxygen atoms in total. The van der Waals surface area contributed by atoms with Crippen LogP contribution in [0.5, 0.6) is 5.75 Å². The van der Waals surface area contributed by atoms with E-state index in [1.54, 1.807) is 69.3 Å². The topological polar surface area (TPSA) is 434 Å². The number of nitrogens with one attached hydrogen (secondary N) is 11. The zero-order chi connectivity index (χ0) is 73.0. The summed E-state index contributed by atoms with van der Waals surface area (Å²) in [6.07, 6.45) is 5.23. The number of carbonyl (C=O) groups is 8. The molecule has 8 atom stereocenters. The lowest BCUT2D eigenvalue weighted by atomic mass is 10.00. The molecule has 1 aliphatic heterocycles. The number of para-hydroxylation sites is 2. The third-order valence-electron chi connectivity index (χ3n) is 16.3. The van der Waals surface area contributed by atoms with Gasteiger partial charge in [0.1, 0.15) is 59.6 Å². The second-order valence-corrected chi connectivity index (χ2v) is 28.5. The molecule has 4 aromatic carbocycles. The van der Waals surface area contributed by atoms with Gasteiger partial charge in [0.15, 0.2) is 5.82 Å². The third kappa shape index (κ3) is 25.2. The Hall–Kier alpha value is -9.53. The van der Waals surface area contributed by atoms with Crippen LogP contribution in [0.3, 0.4) is 0 Å². The van der Waals surface area contributed by atoms with Crippen molar-refractivity contribution in [2.24, 2.45) is 23.1 Å². The molecule has 1 fully saturated rings. The van der Waals surface area contributed by atoms with Gasteiger partial charge in [0.25, 0.3) is 6.20 Å². The molecule has 31 heteroatoms. The lowest BCUT2D eigenvalue weighted by molar-refractivity contribution is -0.404. The number of aromatic nitrogens is 2. The molecule has 0 radical (unpaired) electrons. The Balaban J connectivity index is 0.000000583. The summed E-state index contributed by atoms with van der Waals surface area (Å²) in [5.74, 6) is -3.12. The van der Waals surface area contributed by atoms with Gasteiger partial charge in [0.05, 0.1) is 23.3 Å². The fourth-order valence-corrected chi connectivity index (χ4v) is 14.0. The predicted octanol–water partition coefficient (Wildman–Crippen LogP) is 3.47. The second-order valence-electron chi connectivity index (χ2n) is 24.8. The summed E-state index contributed by atoms with van der Waals surface area (Å²) < 4.78 is 5.70. The van der Waals surface area contributed by atoms with E-state index in [4.69, 9.17) is 21.6 Å². The maximum Gasteiger partial charge on any atom is 0.274 e. The number of nitrogens with two attached hydrogens (primary N) is 3. The van der Waals surface area contributed by atoms with Crippen LogP contribution in [-0.4, -0.2) is 172 Å². The van der Waals surface area contributed by atoms with Crippen LogP contribution in [0.1, 0.15) is 66.9 Å². The summed E-state index contributed by atoms with van der Waals surface area (Å²) in [5, 5.41) is 47.4. The van der Waals surface area contributed by atoms with Gasteiger partial charge in [-0.25, -0.2) is 0 Å². The van der Waals surface area contributed by atoms with Crippen molar-refractivity contribution in [1.82, 2.24) is 62.7 Å². The number of phenolic OH excluding ortho intramolecular Hbond substituents is 1. The lowest BCUT2D eigenvalue weighted by Gasteiger charge is -2.29. The quantitative estimate of drug-likeness (QED) is 0.0144. The normalized spacial score (nSPS) is 18.9. The van der Waals surface area contributed by atoms with E-state index in [9.17, 15) is 53.6 Å². The van der Waals surface area contributed by atoms with Gasteiger partial charge in [0, 0.05) is 84.3 Å². The largest absolute Gasteiger partial charge is 0.508 e. The van der Waals surface area contributed by atoms with E-state index in [2.05, 4.69) is 62.7 Å². The van der Waals surface area contributed by atoms with Gasteiger partial charge in [-0.1, -0.05) is 114 Å². The molecule has 3 aromatic heterocycles. The molecule has 4 heterocycles. The van der Waals surface area contributed by atoms with Crippen LogP contribution in [0.25, 0.3) is 21.8 Å². The fraction of sp³-hybridized carbons (Fsp3) is 0.400. The summed E-state index contributed by atoms with van der Waals surface area (Å²) in [6.45, 7) is 5.12. The number of thioether (sulfide) groups is 1. The SMILES string of the molecule is CC(C)[C@@H]1NC(=O)[C@H](CCCCN)NC(=O)[C@@H](Cc2c[nH]c3ccccc23)NC(=O)[C@H](Cc2ccc(O)cc2)NC(=O)[C@@H](NC(=O)[C@H](N)Cc2ccccc2)CSSC[C@@H](C(=O)N[C@@H](Cc2c[nH]c3ccccc23)C(N)=O)NC1=O.CN/C(=C/[N+](=O)[O-])NCCSCc1ccc(CN(C)C)o1. The van der Waals surface area contributed by atoms with Crippen LogP contribution in [0.2, 0.25) is 0 Å². The Bertz CT molecular complexity index is 3920. The van der Waals surface area contributed by atoms with Gasteiger partial charge >= 0.3 is 0 Å². The first-order valence-corrected chi connectivity index (χ1v) is 36.7. The number of H-pyrrole nitrogens is 2. The number of hydrogen-bond donors (Lipinski definition) is 15. The van der Waals surface area contributed by atoms with Gasteiger partial charge in [-0.05, 0) is 111 Å². The Morgan fingerprint density at radius 3 is 1.98 bits per heavy atom. The highest BCUT2D eigenvalue weighted by atomic mass is 33.1. The minimum atomic E-state index is -1.40. The van der Waals surface area contributed by atoms with Crippen LogP contribution in [0.15, 0.2) is 144 Å². The monoisotopic (exact) mass is 1440 g/mol. The van der Waals surface area contributed by atoms with Crippen molar-refractivity contribution in [2.45, 2.75) is 119 Å². The van der Waals surface area contributed by atoms with E-state index < -0.39 is 106 Å². The number of rotatable bonds is 28. The number of fused-ring (bicyclic) bond motifs is 2. The number of hydrogen-bond acceptors (Lipinski definition) is 20. The summed E-state index contributed by atoms with van der Waals surface area (Å²) in [7, 11) is 7.77. The van der Waals surface area contributed by atoms with Gasteiger partial charge in [-0.2, -0.15) is 11.8 Å². The van der Waals surface area contributed by atoms with Crippen LogP contribution in [-0.2, 0) is 76.3 Å². The van der Waals surface area contributed by atoms with Crippen molar-refractivity contribution in [1.29, 1.82) is 0 Å². The number of phenols is 1. The first-order valence-electron chi connectivity index (χ1n) is 33.1. The number of nitro groups is 1. The number of unbranched alkanes of at least 4 members (excludes halogenated alkanes) is 1. The predicted molar refractivity (Wildman–Crippen MR) is 394 cm³/mol. The van der Waals surface area contributed by atoms with Crippen LogP contribution < -0.4 is 65.1 Å². The number of primary amides is 1. The number of carbonyl (C=O) groups excluding carboxylic acids is 8. The van der Waals surface area contributed by atoms with Gasteiger partial charge < -0.3 is 89.4 Å². The van der Waals surface area contributed by atoms with Crippen LogP contribution in [0.4, 0.5) is 0 Å². The number of aromatic hydroxyl groups is 1. The molecular weight excluding hydrogens is 1350 g/mol. The Kier molecular flexibility index (Phi) is 31.2. The molecule has 18 N–H and O–H groups in total. The van der Waals surface area contributed by atoms with Crippen LogP contribution >= 0.6 is 33.3 Å². The standard InChI is InChI=1S/C57H70N12O9S2.C13H22N4O3S/c1-32(2)49-57(78)68-48(55(76)64-44(50(60)71)26-35-28-61-41-16-8-6-14-38(35)41)31-80-79-30-47(67-51(72)40(59)24-33-12-4-3-5-13-33)56(77)65-45(25-34-19-21-37(70)22-20-34)53(74)66-46(27-36-29-62-42-17-9-7-15-39(36)42)54(75)63-43(52(73)69-49)18-10-11-23-58;1-14-13(9-17(18)19)15-6-7-21-10-12-5-4-11(20-12)8-16(2)3/h3-9,12-17,19-22,28-29,32,40,43-49,61-62,70H,10-11,18,23-27,30-31,58-59H2,1-2H3,(H2,60,71)(H,63,75)(H,64,76)(H,65,77)(H,66,74)(H,67,72)(H,68,78)(H,69,73);4-5,9,14-15H,6-8,10H2,1-3H3/b;13-9-/t40-,43+,44+,45+,46-,47+,48+,49+;/m1./s1. The highest BCUT2D eigenvalue weighted by Gasteiger charge is 2.37. The molecule has 542 valence electrons. The van der Waals surface area contributed by atoms with E-state index in [-0.39, 0.29) is 55.9 Å². The van der Waals surface area contributed by atoms with Crippen molar-refractivity contribution >= 4 is 102 Å². The zero-order valence-corrected chi connectivity index (χ0v) is 59.5. The van der Waals surface area contributed by atoms with E-state index in [0.29, 0.717) is 41.9 Å². The molecule has 0 unspecified atom stereocenters. The molecule has 1 aliphatic rings. The summed E-state index contributed by atoms with van der Waals surface area (Å²) in [6, 6.07) is 23.5. The molecule has 8 rings (SSSR count). The van der Waals surface area contributed by atoms with Crippen molar-refractivity contribution in [3.63, 3.8) is 0 Å². The third-order valence-corrected chi connectivity index (χ3v) is 19.7. The van der Waals surface area contributed by atoms with Crippen molar-refractivity contribution in [3.05, 3.63) is 184 Å². The first kappa shape index (κ1) is 78.8. The van der Waals surface area contributed by atoms with E-state index >= 15 is 0 Å². The molecule has 0 saturated carbocycles. The van der Waals surface area contributed by atoms with Gasteiger partial charge in [-0.3, -0.25) is 48.5 Å². The number of amides is 8. The molecule has 1 saturated heterocycles. The molecule has 0 spiro atoms. The minimum Gasteiger partial charge on any atom is -0.508 e. The van der Waals surface area contributed by atoms with Gasteiger partial charge in [-0.15, -0.1) is 0 Å². The van der Waals surface area contributed by atoms with E-state index in [1.165, 1.54) is 12.1 Å². The zero-order valence-electron chi connectivity index (χ0n) is 57.1. The first-order chi connectivity index (χ1) is 48.5. The highest BCUT2D eigenvalue weighted by Crippen LogP contribution is 2.26. The maximum absolute atomic E-state index is 14.9. The average Bonchev–Trinajstić information content (AvgIpc) is 1.78. The summed E-state index contributed by atoms with van der Waals surface area (Å²) >= 11 is 1.72. The second kappa shape index (κ2) is 40.1. The Morgan fingerprint density at radius 1 is 0.733 bits per heavy atom. The molecule has 7 aromatic rings. The van der Waals surface area contributed by atoms with Crippen molar-refractivity contribution < 1.29 is 52.8 Å². The number of aromatic amines is 2. The number of furan rings is 1. The van der Waals surface area contributed by atoms with Crippen molar-refractivity contribution in [2.75, 3.05) is 51.5 Å². The minimum absolute atomic E-state index is 0.00683.